The summed E-state index contributed by atoms with van der Waals surface area (Å²) in [6.07, 6.45) is 0. The molecule has 1 heterocycles. The summed E-state index contributed by atoms with van der Waals surface area (Å²) in [6, 6.07) is 8.58. The number of benzene rings is 1. The van der Waals surface area contributed by atoms with E-state index in [1.807, 2.05) is 12.1 Å². The maximum absolute atomic E-state index is 12.0. The molecule has 4 nitrogen and oxygen atoms in total. The average molecular weight is 298 g/mol. The van der Waals surface area contributed by atoms with Gasteiger partial charge in [-0.3, -0.25) is 9.69 Å². The first-order valence-corrected chi connectivity index (χ1v) is 6.93. The summed E-state index contributed by atoms with van der Waals surface area (Å²) in [4.78, 5) is 14.2. The molecule has 0 aromatic heterocycles. The Morgan fingerprint density at radius 3 is 2.90 bits per heavy atom. The molecule has 2 N–H and O–H groups in total. The van der Waals surface area contributed by atoms with E-state index in [0.717, 1.165) is 19.6 Å². The lowest BCUT2D eigenvalue weighted by Crippen LogP contribution is -2.52. The number of carbonyl (C=O) groups is 1. The molecule has 0 bridgehead atoms. The Bertz CT molecular complexity index is 439. The van der Waals surface area contributed by atoms with Crippen LogP contribution in [0.25, 0.3) is 0 Å². The first-order valence-electron chi connectivity index (χ1n) is 6.93. The molecule has 20 heavy (non-hydrogen) atoms. The number of nitrogens with zero attached hydrogens (tertiary/aromatic N) is 1. The van der Waals surface area contributed by atoms with Crippen molar-refractivity contribution in [3.63, 3.8) is 0 Å². The van der Waals surface area contributed by atoms with E-state index in [1.165, 1.54) is 11.1 Å². The van der Waals surface area contributed by atoms with Crippen molar-refractivity contribution in [2.75, 3.05) is 26.2 Å². The zero-order chi connectivity index (χ0) is 13.7. The molecule has 0 unspecified atom stereocenters. The van der Waals surface area contributed by atoms with Gasteiger partial charge in [-0.25, -0.2) is 0 Å². The summed E-state index contributed by atoms with van der Waals surface area (Å²) in [7, 11) is 0. The molecule has 1 atom stereocenters. The zero-order valence-electron chi connectivity index (χ0n) is 12.2. The Kier molecular flexibility index (Phi) is 6.99. The molecular formula is C15H24ClN3O. The number of nitrogens with one attached hydrogen (secondary N) is 2. The molecule has 1 fully saturated rings. The average Bonchev–Trinajstić information content (AvgIpc) is 2.40. The second-order valence-corrected chi connectivity index (χ2v) is 5.23. The highest BCUT2D eigenvalue weighted by Gasteiger charge is 2.19. The number of piperazine rings is 1. The van der Waals surface area contributed by atoms with Gasteiger partial charge in [0.2, 0.25) is 5.91 Å². The van der Waals surface area contributed by atoms with Gasteiger partial charge < -0.3 is 10.6 Å². The zero-order valence-corrected chi connectivity index (χ0v) is 13.0. The molecule has 0 radical (unpaired) electrons. The Morgan fingerprint density at radius 1 is 1.45 bits per heavy atom. The highest BCUT2D eigenvalue weighted by atomic mass is 35.5. The maximum atomic E-state index is 12.0. The van der Waals surface area contributed by atoms with Crippen molar-refractivity contribution in [1.82, 2.24) is 15.5 Å². The van der Waals surface area contributed by atoms with Crippen LogP contribution in [-0.4, -0.2) is 43.0 Å². The summed E-state index contributed by atoms with van der Waals surface area (Å²) in [5.74, 6) is 0.108. The van der Waals surface area contributed by atoms with Gasteiger partial charge in [0.15, 0.2) is 0 Å². The van der Waals surface area contributed by atoms with E-state index in [4.69, 9.17) is 0 Å². The maximum Gasteiger partial charge on any atom is 0.234 e. The first-order chi connectivity index (χ1) is 9.16. The molecule has 1 aliphatic rings. The molecule has 1 saturated heterocycles. The molecule has 112 valence electrons. The molecule has 1 aromatic rings. The van der Waals surface area contributed by atoms with E-state index < -0.39 is 0 Å². The monoisotopic (exact) mass is 297 g/mol. The summed E-state index contributed by atoms with van der Waals surface area (Å²) in [6.45, 7) is 8.21. The van der Waals surface area contributed by atoms with E-state index in [0.29, 0.717) is 19.1 Å². The van der Waals surface area contributed by atoms with Crippen LogP contribution in [0.1, 0.15) is 18.1 Å². The fraction of sp³-hybridized carbons (Fsp3) is 0.533. The van der Waals surface area contributed by atoms with Crippen LogP contribution >= 0.6 is 12.4 Å². The Hall–Kier alpha value is -1.10. The molecule has 0 saturated carbocycles. The van der Waals surface area contributed by atoms with Crippen molar-refractivity contribution in [1.29, 1.82) is 0 Å². The van der Waals surface area contributed by atoms with Crippen molar-refractivity contribution >= 4 is 18.3 Å². The van der Waals surface area contributed by atoms with E-state index >= 15 is 0 Å². The third-order valence-corrected chi connectivity index (χ3v) is 3.72. The standard InChI is InChI=1S/C15H23N3O.ClH/c1-12-5-3-4-6-14(12)10-17-15(19)11-18-8-7-16-9-13(18)2;/h3-6,13,16H,7-11H2,1-2H3,(H,17,19);1H/t13-;/m1./s1. The summed E-state index contributed by atoms with van der Waals surface area (Å²) >= 11 is 0. The number of rotatable bonds is 4. The SMILES string of the molecule is Cc1ccccc1CNC(=O)CN1CCNC[C@H]1C.Cl. The lowest BCUT2D eigenvalue weighted by molar-refractivity contribution is -0.123. The lowest BCUT2D eigenvalue weighted by atomic mass is 10.1. The minimum Gasteiger partial charge on any atom is -0.351 e. The highest BCUT2D eigenvalue weighted by molar-refractivity contribution is 5.85. The largest absolute Gasteiger partial charge is 0.351 e. The van der Waals surface area contributed by atoms with Gasteiger partial charge in [0.1, 0.15) is 0 Å². The van der Waals surface area contributed by atoms with Gasteiger partial charge in [0.25, 0.3) is 0 Å². The Balaban J connectivity index is 0.00000200. The van der Waals surface area contributed by atoms with Crippen LogP contribution in [0.2, 0.25) is 0 Å². The molecule has 1 aromatic carbocycles. The predicted molar refractivity (Wildman–Crippen MR) is 84.2 cm³/mol. The van der Waals surface area contributed by atoms with Crippen molar-refractivity contribution in [3.8, 4) is 0 Å². The number of carbonyl (C=O) groups excluding carboxylic acids is 1. The van der Waals surface area contributed by atoms with Crippen LogP contribution in [0.5, 0.6) is 0 Å². The third kappa shape index (κ3) is 4.78. The van der Waals surface area contributed by atoms with Gasteiger partial charge in [-0.2, -0.15) is 0 Å². The van der Waals surface area contributed by atoms with Crippen LogP contribution in [0.15, 0.2) is 24.3 Å². The molecule has 1 amide bonds. The van der Waals surface area contributed by atoms with Gasteiger partial charge in [-0.1, -0.05) is 24.3 Å². The van der Waals surface area contributed by atoms with Crippen LogP contribution in [0.4, 0.5) is 0 Å². The normalized spacial score (nSPS) is 19.2. The lowest BCUT2D eigenvalue weighted by Gasteiger charge is -2.33. The summed E-state index contributed by atoms with van der Waals surface area (Å²) < 4.78 is 0. The summed E-state index contributed by atoms with van der Waals surface area (Å²) in [5.41, 5.74) is 2.41. The second kappa shape index (κ2) is 8.25. The van der Waals surface area contributed by atoms with Crippen LogP contribution in [-0.2, 0) is 11.3 Å². The number of hydrogen-bond donors (Lipinski definition) is 2. The van der Waals surface area contributed by atoms with Crippen molar-refractivity contribution in [3.05, 3.63) is 35.4 Å². The number of aryl methyl sites for hydroxylation is 1. The van der Waals surface area contributed by atoms with Crippen molar-refractivity contribution in [2.45, 2.75) is 26.4 Å². The Labute approximate surface area is 127 Å². The molecular weight excluding hydrogens is 274 g/mol. The van der Waals surface area contributed by atoms with E-state index in [1.54, 1.807) is 0 Å². The smallest absolute Gasteiger partial charge is 0.234 e. The van der Waals surface area contributed by atoms with E-state index in [9.17, 15) is 4.79 Å². The Morgan fingerprint density at radius 2 is 2.20 bits per heavy atom. The molecule has 5 heteroatoms. The minimum atomic E-state index is 0. The third-order valence-electron chi connectivity index (χ3n) is 3.72. The molecule has 0 spiro atoms. The van der Waals surface area contributed by atoms with Crippen molar-refractivity contribution in [2.24, 2.45) is 0 Å². The minimum absolute atomic E-state index is 0. The van der Waals surface area contributed by atoms with E-state index in [2.05, 4.69) is 41.5 Å². The number of halogens is 1. The highest BCUT2D eigenvalue weighted by Crippen LogP contribution is 2.06. The van der Waals surface area contributed by atoms with Gasteiger partial charge in [0, 0.05) is 32.2 Å². The van der Waals surface area contributed by atoms with Gasteiger partial charge in [-0.05, 0) is 25.0 Å². The van der Waals surface area contributed by atoms with Gasteiger partial charge >= 0.3 is 0 Å². The quantitative estimate of drug-likeness (QED) is 0.881. The van der Waals surface area contributed by atoms with Crippen LogP contribution in [0, 0.1) is 6.92 Å². The molecule has 1 aliphatic heterocycles. The predicted octanol–water partition coefficient (Wildman–Crippen LogP) is 1.33. The van der Waals surface area contributed by atoms with Crippen molar-refractivity contribution < 1.29 is 4.79 Å². The topological polar surface area (TPSA) is 44.4 Å². The van der Waals surface area contributed by atoms with Gasteiger partial charge in [-0.15, -0.1) is 12.4 Å². The van der Waals surface area contributed by atoms with E-state index in [-0.39, 0.29) is 18.3 Å². The number of hydrogen-bond acceptors (Lipinski definition) is 3. The van der Waals surface area contributed by atoms with Gasteiger partial charge in [0.05, 0.1) is 6.54 Å². The summed E-state index contributed by atoms with van der Waals surface area (Å²) in [5, 5.41) is 6.34. The molecule has 0 aliphatic carbocycles. The fourth-order valence-electron chi connectivity index (χ4n) is 2.36. The first kappa shape index (κ1) is 17.0. The second-order valence-electron chi connectivity index (χ2n) is 5.23. The molecule has 2 rings (SSSR count). The fourth-order valence-corrected chi connectivity index (χ4v) is 2.36. The number of amides is 1. The van der Waals surface area contributed by atoms with Crippen LogP contribution < -0.4 is 10.6 Å². The van der Waals surface area contributed by atoms with Crippen LogP contribution in [0.3, 0.4) is 0 Å².